The van der Waals surface area contributed by atoms with Gasteiger partial charge in [-0.3, -0.25) is 4.79 Å². The van der Waals surface area contributed by atoms with E-state index in [1.165, 1.54) is 12.1 Å². The molecule has 0 fully saturated rings. The van der Waals surface area contributed by atoms with Crippen molar-refractivity contribution in [1.82, 2.24) is 0 Å². The zero-order valence-electron chi connectivity index (χ0n) is 15.0. The number of anilines is 1. The standard InChI is InChI=1S/C23H18N2O3/c24-15-19(14-18-8-4-5-9-22(18)26)23(27)25-20-10-12-21(13-11-20)28-16-17-6-2-1-3-7-17/h1-14,26H,16H2,(H,25,27)/b19-14+. The molecule has 0 radical (unpaired) electrons. The number of carbonyl (C=O) groups excluding carboxylic acids is 1. The number of nitrogens with one attached hydrogen (secondary N) is 1. The van der Waals surface area contributed by atoms with Gasteiger partial charge >= 0.3 is 0 Å². The van der Waals surface area contributed by atoms with Gasteiger partial charge in [-0.05, 0) is 42.0 Å². The lowest BCUT2D eigenvalue weighted by Gasteiger charge is -2.08. The number of benzene rings is 3. The monoisotopic (exact) mass is 370 g/mol. The zero-order chi connectivity index (χ0) is 19.8. The lowest BCUT2D eigenvalue weighted by Crippen LogP contribution is -2.13. The first-order valence-electron chi connectivity index (χ1n) is 8.63. The summed E-state index contributed by atoms with van der Waals surface area (Å²) in [6.07, 6.45) is 1.35. The summed E-state index contributed by atoms with van der Waals surface area (Å²) < 4.78 is 5.71. The van der Waals surface area contributed by atoms with E-state index in [2.05, 4.69) is 5.32 Å². The third-order valence-corrected chi connectivity index (χ3v) is 3.96. The number of nitriles is 1. The second-order valence-electron chi connectivity index (χ2n) is 5.98. The van der Waals surface area contributed by atoms with Gasteiger partial charge in [0.15, 0.2) is 0 Å². The fraction of sp³-hybridized carbons (Fsp3) is 0.0435. The Kier molecular flexibility index (Phi) is 6.06. The molecule has 5 nitrogen and oxygen atoms in total. The molecule has 3 rings (SSSR count). The van der Waals surface area contributed by atoms with E-state index in [0.717, 1.165) is 5.56 Å². The Morgan fingerprint density at radius 1 is 1.00 bits per heavy atom. The molecule has 2 N–H and O–H groups in total. The highest BCUT2D eigenvalue weighted by molar-refractivity contribution is 6.09. The van der Waals surface area contributed by atoms with E-state index in [1.54, 1.807) is 42.5 Å². The number of hydrogen-bond acceptors (Lipinski definition) is 4. The Labute approximate surface area is 163 Å². The van der Waals surface area contributed by atoms with Crippen LogP contribution in [0.4, 0.5) is 5.69 Å². The minimum Gasteiger partial charge on any atom is -0.507 e. The molecule has 0 bridgehead atoms. The van der Waals surface area contributed by atoms with Crippen LogP contribution in [0, 0.1) is 11.3 Å². The Bertz CT molecular complexity index is 1020. The highest BCUT2D eigenvalue weighted by atomic mass is 16.5. The number of ether oxygens (including phenoxy) is 1. The first kappa shape index (κ1) is 18.7. The van der Waals surface area contributed by atoms with Gasteiger partial charge in [-0.15, -0.1) is 0 Å². The maximum atomic E-state index is 12.3. The molecule has 3 aromatic rings. The number of phenolic OH excluding ortho intramolecular Hbond substituents is 1. The van der Waals surface area contributed by atoms with Gasteiger partial charge in [0.1, 0.15) is 29.7 Å². The molecule has 28 heavy (non-hydrogen) atoms. The molecule has 0 aliphatic heterocycles. The number of nitrogens with zero attached hydrogens (tertiary/aromatic N) is 1. The number of rotatable bonds is 6. The fourth-order valence-electron chi connectivity index (χ4n) is 2.49. The smallest absolute Gasteiger partial charge is 0.266 e. The molecule has 0 aliphatic rings. The predicted molar refractivity (Wildman–Crippen MR) is 108 cm³/mol. The van der Waals surface area contributed by atoms with Crippen LogP contribution in [0.2, 0.25) is 0 Å². The van der Waals surface area contributed by atoms with Crippen LogP contribution in [-0.2, 0) is 11.4 Å². The molecule has 3 aromatic carbocycles. The molecule has 0 atom stereocenters. The minimum atomic E-state index is -0.552. The van der Waals surface area contributed by atoms with E-state index in [-0.39, 0.29) is 11.3 Å². The first-order chi connectivity index (χ1) is 13.7. The Hall–Kier alpha value is -4.04. The highest BCUT2D eigenvalue weighted by Gasteiger charge is 2.11. The average Bonchev–Trinajstić information content (AvgIpc) is 2.73. The van der Waals surface area contributed by atoms with Gasteiger partial charge in [-0.2, -0.15) is 5.26 Å². The maximum Gasteiger partial charge on any atom is 0.266 e. The van der Waals surface area contributed by atoms with Gasteiger partial charge in [-0.25, -0.2) is 0 Å². The van der Waals surface area contributed by atoms with E-state index in [1.807, 2.05) is 36.4 Å². The van der Waals surface area contributed by atoms with Crippen LogP contribution in [0.25, 0.3) is 6.08 Å². The summed E-state index contributed by atoms with van der Waals surface area (Å²) >= 11 is 0. The summed E-state index contributed by atoms with van der Waals surface area (Å²) in [5, 5.41) is 21.7. The molecule has 0 heterocycles. The number of carbonyl (C=O) groups is 1. The summed E-state index contributed by atoms with van der Waals surface area (Å²) in [5.41, 5.74) is 1.90. The average molecular weight is 370 g/mol. The molecular formula is C23H18N2O3. The molecule has 0 saturated heterocycles. The Balaban J connectivity index is 1.63. The summed E-state index contributed by atoms with van der Waals surface area (Å²) in [7, 11) is 0. The Morgan fingerprint density at radius 2 is 1.68 bits per heavy atom. The molecule has 5 heteroatoms. The predicted octanol–water partition coefficient (Wildman–Crippen LogP) is 4.52. The molecule has 0 spiro atoms. The fourth-order valence-corrected chi connectivity index (χ4v) is 2.49. The van der Waals surface area contributed by atoms with Crippen molar-refractivity contribution in [2.75, 3.05) is 5.32 Å². The normalized spacial score (nSPS) is 10.8. The number of para-hydroxylation sites is 1. The van der Waals surface area contributed by atoms with Crippen molar-refractivity contribution in [1.29, 1.82) is 5.26 Å². The van der Waals surface area contributed by atoms with Gasteiger partial charge < -0.3 is 15.2 Å². The second kappa shape index (κ2) is 9.06. The van der Waals surface area contributed by atoms with Crippen LogP contribution in [0.3, 0.4) is 0 Å². The van der Waals surface area contributed by atoms with Gasteiger partial charge in [0.2, 0.25) is 0 Å². The summed E-state index contributed by atoms with van der Waals surface area (Å²) in [6.45, 7) is 0.453. The van der Waals surface area contributed by atoms with E-state index in [0.29, 0.717) is 23.6 Å². The van der Waals surface area contributed by atoms with Crippen LogP contribution in [0.1, 0.15) is 11.1 Å². The van der Waals surface area contributed by atoms with Gasteiger partial charge in [0, 0.05) is 11.3 Å². The molecule has 0 saturated carbocycles. The second-order valence-corrected chi connectivity index (χ2v) is 5.98. The van der Waals surface area contributed by atoms with Crippen LogP contribution in [0.15, 0.2) is 84.4 Å². The summed E-state index contributed by atoms with van der Waals surface area (Å²) in [4.78, 5) is 12.3. The van der Waals surface area contributed by atoms with Crippen molar-refractivity contribution in [3.8, 4) is 17.6 Å². The van der Waals surface area contributed by atoms with Crippen molar-refractivity contribution in [2.24, 2.45) is 0 Å². The molecule has 0 unspecified atom stereocenters. The number of amides is 1. The third kappa shape index (κ3) is 4.99. The van der Waals surface area contributed by atoms with Crippen molar-refractivity contribution >= 4 is 17.7 Å². The van der Waals surface area contributed by atoms with Crippen LogP contribution in [-0.4, -0.2) is 11.0 Å². The quantitative estimate of drug-likeness (QED) is 0.494. The lowest BCUT2D eigenvalue weighted by molar-refractivity contribution is -0.112. The number of aromatic hydroxyl groups is 1. The zero-order valence-corrected chi connectivity index (χ0v) is 15.0. The van der Waals surface area contributed by atoms with Crippen molar-refractivity contribution in [3.05, 3.63) is 95.6 Å². The lowest BCUT2D eigenvalue weighted by atomic mass is 10.1. The third-order valence-electron chi connectivity index (χ3n) is 3.96. The summed E-state index contributed by atoms with van der Waals surface area (Å²) in [6, 6.07) is 25.1. The van der Waals surface area contributed by atoms with E-state index < -0.39 is 5.91 Å². The maximum absolute atomic E-state index is 12.3. The molecule has 0 aliphatic carbocycles. The molecule has 1 amide bonds. The van der Waals surface area contributed by atoms with E-state index in [4.69, 9.17) is 4.74 Å². The van der Waals surface area contributed by atoms with E-state index in [9.17, 15) is 15.2 Å². The Morgan fingerprint density at radius 3 is 2.36 bits per heavy atom. The van der Waals surface area contributed by atoms with Crippen LogP contribution < -0.4 is 10.1 Å². The molecule has 138 valence electrons. The topological polar surface area (TPSA) is 82.3 Å². The summed E-state index contributed by atoms with van der Waals surface area (Å²) in [5.74, 6) is 0.124. The molecule has 0 aromatic heterocycles. The van der Waals surface area contributed by atoms with E-state index >= 15 is 0 Å². The van der Waals surface area contributed by atoms with Gasteiger partial charge in [0.25, 0.3) is 5.91 Å². The number of phenols is 1. The molecular weight excluding hydrogens is 352 g/mol. The number of hydrogen-bond donors (Lipinski definition) is 2. The highest BCUT2D eigenvalue weighted by Crippen LogP contribution is 2.21. The van der Waals surface area contributed by atoms with Gasteiger partial charge in [0.05, 0.1) is 0 Å². The van der Waals surface area contributed by atoms with Gasteiger partial charge in [-0.1, -0.05) is 48.5 Å². The largest absolute Gasteiger partial charge is 0.507 e. The van der Waals surface area contributed by atoms with Crippen LogP contribution >= 0.6 is 0 Å². The van der Waals surface area contributed by atoms with Crippen molar-refractivity contribution in [3.63, 3.8) is 0 Å². The van der Waals surface area contributed by atoms with Crippen molar-refractivity contribution in [2.45, 2.75) is 6.61 Å². The van der Waals surface area contributed by atoms with Crippen molar-refractivity contribution < 1.29 is 14.6 Å². The van der Waals surface area contributed by atoms with Crippen LogP contribution in [0.5, 0.6) is 11.5 Å². The minimum absolute atomic E-state index is 0.00275. The SMILES string of the molecule is N#C/C(=C\c1ccccc1O)C(=O)Nc1ccc(OCc2ccccc2)cc1. The first-order valence-corrected chi connectivity index (χ1v) is 8.63.